The Morgan fingerprint density at radius 1 is 1.16 bits per heavy atom. The molecule has 2 aliphatic carbocycles. The summed E-state index contributed by atoms with van der Waals surface area (Å²) in [6, 6.07) is 3.13. The van der Waals surface area contributed by atoms with E-state index in [1.165, 1.54) is 45.1 Å². The van der Waals surface area contributed by atoms with Gasteiger partial charge in [0.1, 0.15) is 5.82 Å². The molecule has 1 heterocycles. The molecule has 25 heavy (non-hydrogen) atoms. The van der Waals surface area contributed by atoms with Gasteiger partial charge in [0.05, 0.1) is 0 Å². The van der Waals surface area contributed by atoms with Crippen LogP contribution in [0, 0.1) is 5.92 Å². The van der Waals surface area contributed by atoms with Crippen LogP contribution in [0.25, 0.3) is 0 Å². The van der Waals surface area contributed by atoms with Gasteiger partial charge < -0.3 is 16.4 Å². The lowest BCUT2D eigenvalue weighted by Crippen LogP contribution is -2.43. The molecule has 0 amide bonds. The summed E-state index contributed by atoms with van der Waals surface area (Å²) in [6.07, 6.45) is 11.1. The molecule has 3 rings (SSSR count). The number of aromatic nitrogens is 2. The highest BCUT2D eigenvalue weighted by atomic mass is 16.1. The maximum atomic E-state index is 12.0. The number of hydrogen-bond acceptors (Lipinski definition) is 5. The Kier molecular flexibility index (Phi) is 6.12. The van der Waals surface area contributed by atoms with E-state index >= 15 is 0 Å². The normalized spacial score (nSPS) is 30.5. The minimum atomic E-state index is -0.211. The molecule has 0 unspecified atom stereocenters. The average molecular weight is 348 g/mol. The smallest absolute Gasteiger partial charge is 0.349 e. The molecule has 140 valence electrons. The molecule has 4 N–H and O–H groups in total. The van der Waals surface area contributed by atoms with E-state index in [2.05, 4.69) is 16.8 Å². The van der Waals surface area contributed by atoms with Crippen LogP contribution in [-0.4, -0.2) is 39.6 Å². The van der Waals surface area contributed by atoms with Crippen molar-refractivity contribution < 1.29 is 0 Å². The lowest BCUT2D eigenvalue weighted by molar-refractivity contribution is 0.115. The van der Waals surface area contributed by atoms with E-state index in [-0.39, 0.29) is 11.7 Å². The SMILES string of the molecule is CCN(C[C@H]1CC[C@H](n2ccc(N)nc2=O)CC1)[C@H]1CC[C@H](N)CC1. The van der Waals surface area contributed by atoms with E-state index in [1.807, 2.05) is 0 Å². The second kappa shape index (κ2) is 8.32. The summed E-state index contributed by atoms with van der Waals surface area (Å²) >= 11 is 0. The number of hydrogen-bond donors (Lipinski definition) is 2. The van der Waals surface area contributed by atoms with Crippen LogP contribution in [0.4, 0.5) is 5.82 Å². The van der Waals surface area contributed by atoms with Crippen LogP contribution in [0.5, 0.6) is 0 Å². The van der Waals surface area contributed by atoms with Crippen molar-refractivity contribution in [2.75, 3.05) is 18.8 Å². The van der Waals surface area contributed by atoms with E-state index in [1.54, 1.807) is 16.8 Å². The fraction of sp³-hybridized carbons (Fsp3) is 0.789. The molecule has 1 aromatic heterocycles. The third-order valence-corrected chi connectivity index (χ3v) is 6.22. The van der Waals surface area contributed by atoms with Crippen molar-refractivity contribution in [1.82, 2.24) is 14.5 Å². The van der Waals surface area contributed by atoms with E-state index < -0.39 is 0 Å². The van der Waals surface area contributed by atoms with Crippen molar-refractivity contribution in [1.29, 1.82) is 0 Å². The Labute approximate surface area is 150 Å². The first-order valence-corrected chi connectivity index (χ1v) is 9.91. The molecule has 2 aliphatic rings. The first-order valence-electron chi connectivity index (χ1n) is 9.91. The first kappa shape index (κ1) is 18.4. The van der Waals surface area contributed by atoms with Crippen molar-refractivity contribution >= 4 is 5.82 Å². The summed E-state index contributed by atoms with van der Waals surface area (Å²) in [4.78, 5) is 18.6. The number of nitrogens with two attached hydrogens (primary N) is 2. The Hall–Kier alpha value is -1.40. The van der Waals surface area contributed by atoms with Crippen LogP contribution < -0.4 is 17.2 Å². The molecule has 0 saturated heterocycles. The standard InChI is InChI=1S/C19H33N5O/c1-2-23(16-9-5-15(20)6-10-16)13-14-3-7-17(8-4-14)24-12-11-18(21)22-19(24)25/h11-12,14-17H,2-10,13,20H2,1H3,(H2,21,22,25)/t14-,15-,16-,17-. The zero-order valence-electron chi connectivity index (χ0n) is 15.4. The average Bonchev–Trinajstić information content (AvgIpc) is 2.61. The Bertz CT molecular complexity index is 600. The minimum Gasteiger partial charge on any atom is -0.383 e. The first-order chi connectivity index (χ1) is 12.1. The van der Waals surface area contributed by atoms with Gasteiger partial charge in [0, 0.05) is 30.9 Å². The van der Waals surface area contributed by atoms with Crippen molar-refractivity contribution in [3.05, 3.63) is 22.7 Å². The Morgan fingerprint density at radius 2 is 1.84 bits per heavy atom. The van der Waals surface area contributed by atoms with Gasteiger partial charge in [-0.15, -0.1) is 0 Å². The van der Waals surface area contributed by atoms with Crippen molar-refractivity contribution in [3.8, 4) is 0 Å². The molecule has 2 fully saturated rings. The second-order valence-corrected chi connectivity index (χ2v) is 7.87. The summed E-state index contributed by atoms with van der Waals surface area (Å²) in [5, 5.41) is 0. The third-order valence-electron chi connectivity index (χ3n) is 6.22. The van der Waals surface area contributed by atoms with Crippen LogP contribution in [0.3, 0.4) is 0 Å². The Morgan fingerprint density at radius 3 is 2.44 bits per heavy atom. The van der Waals surface area contributed by atoms with Crippen LogP contribution in [0.1, 0.15) is 64.3 Å². The fourth-order valence-electron chi connectivity index (χ4n) is 4.64. The zero-order chi connectivity index (χ0) is 17.8. The molecule has 0 aromatic carbocycles. The van der Waals surface area contributed by atoms with Gasteiger partial charge in [0.15, 0.2) is 0 Å². The van der Waals surface area contributed by atoms with Gasteiger partial charge in [-0.2, -0.15) is 4.98 Å². The lowest BCUT2D eigenvalue weighted by atomic mass is 9.84. The highest BCUT2D eigenvalue weighted by Gasteiger charge is 2.28. The fourth-order valence-corrected chi connectivity index (χ4v) is 4.64. The molecule has 0 atom stereocenters. The highest BCUT2D eigenvalue weighted by molar-refractivity contribution is 5.23. The number of nitrogen functional groups attached to an aromatic ring is 1. The molecule has 0 bridgehead atoms. The quantitative estimate of drug-likeness (QED) is 0.852. The maximum Gasteiger partial charge on any atom is 0.349 e. The number of rotatable bonds is 5. The van der Waals surface area contributed by atoms with Crippen molar-refractivity contribution in [2.24, 2.45) is 11.7 Å². The topological polar surface area (TPSA) is 90.2 Å². The molecule has 2 saturated carbocycles. The van der Waals surface area contributed by atoms with Gasteiger partial charge in [0.2, 0.25) is 0 Å². The molecular formula is C19H33N5O. The van der Waals surface area contributed by atoms with E-state index in [0.29, 0.717) is 17.9 Å². The van der Waals surface area contributed by atoms with Crippen molar-refractivity contribution in [2.45, 2.75) is 76.4 Å². The van der Waals surface area contributed by atoms with Crippen LogP contribution in [0.15, 0.2) is 17.1 Å². The molecule has 6 nitrogen and oxygen atoms in total. The van der Waals surface area contributed by atoms with Crippen molar-refractivity contribution in [3.63, 3.8) is 0 Å². The number of nitrogens with zero attached hydrogens (tertiary/aromatic N) is 3. The van der Waals surface area contributed by atoms with Gasteiger partial charge in [-0.1, -0.05) is 6.92 Å². The molecular weight excluding hydrogens is 314 g/mol. The monoisotopic (exact) mass is 347 g/mol. The molecule has 6 heteroatoms. The molecule has 0 aliphatic heterocycles. The zero-order valence-corrected chi connectivity index (χ0v) is 15.4. The highest BCUT2D eigenvalue weighted by Crippen LogP contribution is 2.33. The predicted octanol–water partition coefficient (Wildman–Crippen LogP) is 2.15. The molecule has 1 aromatic rings. The third kappa shape index (κ3) is 4.61. The predicted molar refractivity (Wildman–Crippen MR) is 101 cm³/mol. The lowest BCUT2D eigenvalue weighted by Gasteiger charge is -2.39. The molecule has 0 radical (unpaired) electrons. The summed E-state index contributed by atoms with van der Waals surface area (Å²) in [5.74, 6) is 1.05. The van der Waals surface area contributed by atoms with Gasteiger partial charge >= 0.3 is 5.69 Å². The van der Waals surface area contributed by atoms with E-state index in [4.69, 9.17) is 11.5 Å². The van der Waals surface area contributed by atoms with E-state index in [9.17, 15) is 4.79 Å². The van der Waals surface area contributed by atoms with Gasteiger partial charge in [-0.25, -0.2) is 4.79 Å². The summed E-state index contributed by atoms with van der Waals surface area (Å²) in [5.41, 5.74) is 11.4. The number of anilines is 1. The van der Waals surface area contributed by atoms with Gasteiger partial charge in [0.25, 0.3) is 0 Å². The van der Waals surface area contributed by atoms with Crippen LogP contribution in [0.2, 0.25) is 0 Å². The maximum absolute atomic E-state index is 12.0. The largest absolute Gasteiger partial charge is 0.383 e. The second-order valence-electron chi connectivity index (χ2n) is 7.87. The van der Waals surface area contributed by atoms with E-state index in [0.717, 1.165) is 25.3 Å². The summed E-state index contributed by atoms with van der Waals surface area (Å²) < 4.78 is 1.77. The Balaban J connectivity index is 1.52. The molecule has 0 spiro atoms. The van der Waals surface area contributed by atoms with Crippen LogP contribution >= 0.6 is 0 Å². The van der Waals surface area contributed by atoms with Crippen LogP contribution in [-0.2, 0) is 0 Å². The van der Waals surface area contributed by atoms with Gasteiger partial charge in [-0.3, -0.25) is 4.57 Å². The minimum absolute atomic E-state index is 0.211. The summed E-state index contributed by atoms with van der Waals surface area (Å²) in [6.45, 7) is 4.60. The summed E-state index contributed by atoms with van der Waals surface area (Å²) in [7, 11) is 0. The van der Waals surface area contributed by atoms with Gasteiger partial charge in [-0.05, 0) is 69.9 Å².